The van der Waals surface area contributed by atoms with Crippen LogP contribution in [-0.4, -0.2) is 17.6 Å². The molecule has 0 saturated heterocycles. The molecule has 0 aliphatic carbocycles. The van der Waals surface area contributed by atoms with Gasteiger partial charge in [-0.3, -0.25) is 0 Å². The van der Waals surface area contributed by atoms with Crippen LogP contribution >= 0.6 is 27.5 Å². The summed E-state index contributed by atoms with van der Waals surface area (Å²) in [5.41, 5.74) is 0.270. The number of carbonyl (C=O) groups excluding carboxylic acids is 1. The van der Waals surface area contributed by atoms with Gasteiger partial charge < -0.3 is 9.72 Å². The second-order valence-corrected chi connectivity index (χ2v) is 3.36. The Morgan fingerprint density at radius 1 is 1.85 bits per heavy atom. The Morgan fingerprint density at radius 2 is 2.54 bits per heavy atom. The molecule has 13 heavy (non-hydrogen) atoms. The van der Waals surface area contributed by atoms with Crippen LogP contribution in [0.5, 0.6) is 0 Å². The maximum Gasteiger partial charge on any atom is 0.355 e. The fourth-order valence-electron chi connectivity index (χ4n) is 0.699. The van der Waals surface area contributed by atoms with Crippen LogP contribution in [-0.2, 0) is 4.74 Å². The largest absolute Gasteiger partial charge is 0.448 e. The van der Waals surface area contributed by atoms with Crippen LogP contribution in [0.25, 0.3) is 0 Å². The predicted molar refractivity (Wildman–Crippen MR) is 52.6 cm³/mol. The first-order chi connectivity index (χ1) is 6.15. The maximum absolute atomic E-state index is 11.1. The normalized spacial score (nSPS) is 9.31. The van der Waals surface area contributed by atoms with E-state index >= 15 is 0 Å². The smallest absolute Gasteiger partial charge is 0.355 e. The van der Waals surface area contributed by atoms with Crippen LogP contribution in [0.15, 0.2) is 10.5 Å². The van der Waals surface area contributed by atoms with Gasteiger partial charge in [0.05, 0.1) is 4.47 Å². The van der Waals surface area contributed by atoms with Crippen LogP contribution in [0, 0.1) is 12.3 Å². The zero-order chi connectivity index (χ0) is 9.84. The topological polar surface area (TPSA) is 42.1 Å². The second-order valence-electron chi connectivity index (χ2n) is 2.13. The van der Waals surface area contributed by atoms with Crippen LogP contribution < -0.4 is 0 Å². The summed E-state index contributed by atoms with van der Waals surface area (Å²) in [5, 5.41) is 0.354. The summed E-state index contributed by atoms with van der Waals surface area (Å²) in [6.45, 7) is -0.0485. The highest BCUT2D eigenvalue weighted by atomic mass is 79.9. The number of aromatic nitrogens is 1. The highest BCUT2D eigenvalue weighted by Crippen LogP contribution is 2.22. The molecule has 1 heterocycles. The molecule has 3 nitrogen and oxygen atoms in total. The van der Waals surface area contributed by atoms with E-state index in [9.17, 15) is 4.79 Å². The van der Waals surface area contributed by atoms with Crippen LogP contribution in [0.2, 0.25) is 5.15 Å². The highest BCUT2D eigenvalue weighted by Gasteiger charge is 2.11. The van der Waals surface area contributed by atoms with Crippen molar-refractivity contribution in [2.45, 2.75) is 0 Å². The number of carbonyl (C=O) groups is 1. The van der Waals surface area contributed by atoms with Gasteiger partial charge in [-0.1, -0.05) is 17.5 Å². The summed E-state index contributed by atoms with van der Waals surface area (Å²) in [6, 6.07) is 1.53. The lowest BCUT2D eigenvalue weighted by Gasteiger charge is -1.96. The van der Waals surface area contributed by atoms with Crippen molar-refractivity contribution >= 4 is 33.5 Å². The maximum atomic E-state index is 11.1. The molecule has 0 radical (unpaired) electrons. The summed E-state index contributed by atoms with van der Waals surface area (Å²) in [5.74, 6) is 1.67. The summed E-state index contributed by atoms with van der Waals surface area (Å²) in [4.78, 5) is 13.8. The van der Waals surface area contributed by atoms with E-state index in [-0.39, 0.29) is 12.3 Å². The molecule has 1 N–H and O–H groups in total. The van der Waals surface area contributed by atoms with E-state index in [1.54, 1.807) is 0 Å². The molecule has 0 atom stereocenters. The van der Waals surface area contributed by atoms with E-state index < -0.39 is 5.97 Å². The standard InChI is InChI=1S/C8H5BrClNO2/c1-2-3-13-8(12)6-4-5(9)7(10)11-6/h1,4,11H,3H2. The number of halogens is 2. The molecule has 0 aromatic carbocycles. The number of ether oxygens (including phenoxy) is 1. The average molecular weight is 262 g/mol. The summed E-state index contributed by atoms with van der Waals surface area (Å²) < 4.78 is 5.27. The molecule has 0 spiro atoms. The van der Waals surface area contributed by atoms with Gasteiger partial charge in [0.1, 0.15) is 10.8 Å². The van der Waals surface area contributed by atoms with E-state index in [0.29, 0.717) is 9.63 Å². The lowest BCUT2D eigenvalue weighted by atomic mass is 10.4. The molecule has 1 aromatic rings. The number of aromatic amines is 1. The molecule has 68 valence electrons. The Balaban J connectivity index is 2.73. The Labute approximate surface area is 88.5 Å². The molecule has 0 aliphatic rings. The molecule has 0 saturated carbocycles. The van der Waals surface area contributed by atoms with E-state index in [1.807, 2.05) is 0 Å². The molecule has 0 amide bonds. The van der Waals surface area contributed by atoms with Crippen molar-refractivity contribution in [1.82, 2.24) is 4.98 Å². The van der Waals surface area contributed by atoms with Crippen molar-refractivity contribution in [3.05, 3.63) is 21.4 Å². The average Bonchev–Trinajstić information content (AvgIpc) is 2.43. The second kappa shape index (κ2) is 4.35. The SMILES string of the molecule is C#CCOC(=O)c1cc(Br)c(Cl)[nH]1. The molecule has 5 heteroatoms. The van der Waals surface area contributed by atoms with E-state index in [2.05, 4.69) is 31.6 Å². The number of terminal acetylenes is 1. The monoisotopic (exact) mass is 261 g/mol. The number of rotatable bonds is 2. The Morgan fingerprint density at radius 3 is 3.00 bits per heavy atom. The first kappa shape index (κ1) is 10.2. The molecule has 0 unspecified atom stereocenters. The minimum absolute atomic E-state index is 0.0485. The molecule has 0 fully saturated rings. The van der Waals surface area contributed by atoms with E-state index in [1.165, 1.54) is 6.07 Å². The van der Waals surface area contributed by atoms with Crippen molar-refractivity contribution in [3.8, 4) is 12.3 Å². The van der Waals surface area contributed by atoms with Crippen LogP contribution in [0.4, 0.5) is 0 Å². The highest BCUT2D eigenvalue weighted by molar-refractivity contribution is 9.10. The quantitative estimate of drug-likeness (QED) is 0.656. The van der Waals surface area contributed by atoms with E-state index in [0.717, 1.165) is 0 Å². The minimum Gasteiger partial charge on any atom is -0.448 e. The third-order valence-corrected chi connectivity index (χ3v) is 2.38. The lowest BCUT2D eigenvalue weighted by Crippen LogP contribution is -2.05. The van der Waals surface area contributed by atoms with Crippen LogP contribution in [0.1, 0.15) is 10.5 Å². The molecule has 0 aliphatic heterocycles. The summed E-state index contributed by atoms with van der Waals surface area (Å²) in [6.07, 6.45) is 4.92. The number of H-pyrrole nitrogens is 1. The number of esters is 1. The van der Waals surface area contributed by atoms with Gasteiger partial charge in [-0.2, -0.15) is 0 Å². The third kappa shape index (κ3) is 2.51. The summed E-state index contributed by atoms with van der Waals surface area (Å²) in [7, 11) is 0. The first-order valence-electron chi connectivity index (χ1n) is 3.29. The Kier molecular flexibility index (Phi) is 3.40. The molecule has 1 rings (SSSR count). The third-order valence-electron chi connectivity index (χ3n) is 1.23. The van der Waals surface area contributed by atoms with Crippen molar-refractivity contribution in [1.29, 1.82) is 0 Å². The lowest BCUT2D eigenvalue weighted by molar-refractivity contribution is 0.0551. The fourth-order valence-corrected chi connectivity index (χ4v) is 1.18. The first-order valence-corrected chi connectivity index (χ1v) is 4.47. The van der Waals surface area contributed by atoms with E-state index in [4.69, 9.17) is 18.0 Å². The van der Waals surface area contributed by atoms with Gasteiger partial charge in [0, 0.05) is 0 Å². The van der Waals surface area contributed by atoms with Gasteiger partial charge in [0.15, 0.2) is 6.61 Å². The van der Waals surface area contributed by atoms with Crippen LogP contribution in [0.3, 0.4) is 0 Å². The van der Waals surface area contributed by atoms with Gasteiger partial charge >= 0.3 is 5.97 Å². The molecule has 0 bridgehead atoms. The van der Waals surface area contributed by atoms with Crippen molar-refractivity contribution in [3.63, 3.8) is 0 Å². The zero-order valence-electron chi connectivity index (χ0n) is 6.43. The molecular weight excluding hydrogens is 257 g/mol. The fraction of sp³-hybridized carbons (Fsp3) is 0.125. The van der Waals surface area contributed by atoms with Gasteiger partial charge in [-0.05, 0) is 22.0 Å². The molecular formula is C8H5BrClNO2. The number of hydrogen-bond donors (Lipinski definition) is 1. The number of hydrogen-bond acceptors (Lipinski definition) is 2. The van der Waals surface area contributed by atoms with Gasteiger partial charge in [0.2, 0.25) is 0 Å². The Hall–Kier alpha value is -0.920. The van der Waals surface area contributed by atoms with Gasteiger partial charge in [-0.15, -0.1) is 6.42 Å². The van der Waals surface area contributed by atoms with Gasteiger partial charge in [-0.25, -0.2) is 4.79 Å². The van der Waals surface area contributed by atoms with Crippen molar-refractivity contribution < 1.29 is 9.53 Å². The molecule has 1 aromatic heterocycles. The Bertz CT molecular complexity index is 347. The zero-order valence-corrected chi connectivity index (χ0v) is 8.78. The number of nitrogens with one attached hydrogen (secondary N) is 1. The van der Waals surface area contributed by atoms with Crippen molar-refractivity contribution in [2.24, 2.45) is 0 Å². The summed E-state index contributed by atoms with van der Waals surface area (Å²) >= 11 is 8.80. The van der Waals surface area contributed by atoms with Crippen molar-refractivity contribution in [2.75, 3.05) is 6.61 Å². The minimum atomic E-state index is -0.523. The predicted octanol–water partition coefficient (Wildman–Crippen LogP) is 2.22. The van der Waals surface area contributed by atoms with Gasteiger partial charge in [0.25, 0.3) is 0 Å².